The van der Waals surface area contributed by atoms with E-state index in [1.807, 2.05) is 30.3 Å². The Morgan fingerprint density at radius 2 is 1.81 bits per heavy atom. The van der Waals surface area contributed by atoms with Gasteiger partial charge in [0, 0.05) is 22.8 Å². The summed E-state index contributed by atoms with van der Waals surface area (Å²) < 4.78 is 36.6. The molecule has 0 aliphatic carbocycles. The van der Waals surface area contributed by atoms with E-state index < -0.39 is 18.1 Å². The zero-order chi connectivity index (χ0) is 22.1. The molecule has 0 spiro atoms. The first kappa shape index (κ1) is 20.0. The van der Waals surface area contributed by atoms with Crippen LogP contribution < -0.4 is 10.2 Å². The highest BCUT2D eigenvalue weighted by Crippen LogP contribution is 2.37. The van der Waals surface area contributed by atoms with E-state index in [0.29, 0.717) is 22.3 Å². The molecule has 0 fully saturated rings. The van der Waals surface area contributed by atoms with Crippen LogP contribution >= 0.6 is 0 Å². The molecule has 0 bridgehead atoms. The van der Waals surface area contributed by atoms with E-state index in [0.717, 1.165) is 11.6 Å². The number of hydrogen-bond acceptors (Lipinski definition) is 6. The first-order chi connectivity index (χ1) is 15.6. The first-order valence-corrected chi connectivity index (χ1v) is 9.93. The molecule has 0 saturated carbocycles. The molecule has 1 aliphatic rings. The Hall–Kier alpha value is -3.97. The van der Waals surface area contributed by atoms with Crippen LogP contribution in [0.5, 0.6) is 5.75 Å². The van der Waals surface area contributed by atoms with Gasteiger partial charge in [-0.05, 0) is 24.3 Å². The summed E-state index contributed by atoms with van der Waals surface area (Å²) in [6.45, 7) is -0.121. The van der Waals surface area contributed by atoms with Crippen molar-refractivity contribution in [3.63, 3.8) is 0 Å². The first-order valence-electron chi connectivity index (χ1n) is 9.93. The lowest BCUT2D eigenvalue weighted by molar-refractivity contribution is -0.112. The largest absolute Gasteiger partial charge is 0.460 e. The number of rotatable bonds is 4. The average Bonchev–Trinajstić information content (AvgIpc) is 2.82. The third-order valence-electron chi connectivity index (χ3n) is 5.09. The second-order valence-corrected chi connectivity index (χ2v) is 7.27. The van der Waals surface area contributed by atoms with Crippen LogP contribution in [0.2, 0.25) is 0 Å². The normalized spacial score (nSPS) is 15.1. The van der Waals surface area contributed by atoms with Gasteiger partial charge in [-0.3, -0.25) is 4.79 Å². The van der Waals surface area contributed by atoms with Crippen molar-refractivity contribution < 1.29 is 27.8 Å². The Kier molecular flexibility index (Phi) is 5.17. The van der Waals surface area contributed by atoms with Gasteiger partial charge >= 0.3 is 5.97 Å². The number of carbonyl (C=O) groups is 1. The van der Waals surface area contributed by atoms with Crippen molar-refractivity contribution in [1.82, 2.24) is 0 Å². The zero-order valence-electron chi connectivity index (χ0n) is 16.7. The standard InChI is InChI=1S/C25H17FO6/c26-18-10-16(23-17(11-18)14-30-25(32-23)15-6-2-1-3-7-15)13-29-24(28)22-12-20(27)19-8-4-5-9-21(19)31-22/h1-12,25H,13-14H2/t25-/m0/s1. The van der Waals surface area contributed by atoms with Gasteiger partial charge in [0.15, 0.2) is 5.43 Å². The maximum Gasteiger partial charge on any atom is 0.374 e. The summed E-state index contributed by atoms with van der Waals surface area (Å²) in [5.41, 5.74) is 1.60. The molecule has 0 N–H and O–H groups in total. The van der Waals surface area contributed by atoms with Crippen LogP contribution in [0.15, 0.2) is 82.0 Å². The SMILES string of the molecule is O=C(OCc1cc(F)cc2c1O[C@@H](c1ccccc1)OC2)c1cc(=O)c2ccccc2o1. The summed E-state index contributed by atoms with van der Waals surface area (Å²) >= 11 is 0. The topological polar surface area (TPSA) is 75.0 Å². The summed E-state index contributed by atoms with van der Waals surface area (Å²) in [4.78, 5) is 24.8. The molecule has 160 valence electrons. The number of esters is 1. The number of para-hydroxylation sites is 1. The molecule has 7 heteroatoms. The van der Waals surface area contributed by atoms with Crippen molar-refractivity contribution in [2.24, 2.45) is 0 Å². The lowest BCUT2D eigenvalue weighted by Gasteiger charge is -2.28. The Morgan fingerprint density at radius 1 is 1.03 bits per heavy atom. The molecule has 32 heavy (non-hydrogen) atoms. The fraction of sp³-hybridized carbons (Fsp3) is 0.120. The molecule has 1 atom stereocenters. The number of benzene rings is 3. The van der Waals surface area contributed by atoms with Crippen molar-refractivity contribution in [3.05, 3.63) is 111 Å². The van der Waals surface area contributed by atoms with Gasteiger partial charge in [-0.25, -0.2) is 9.18 Å². The van der Waals surface area contributed by atoms with Crippen LogP contribution in [0, 0.1) is 5.82 Å². The summed E-state index contributed by atoms with van der Waals surface area (Å²) in [5.74, 6) is -1.17. The highest BCUT2D eigenvalue weighted by atomic mass is 19.1. The number of fused-ring (bicyclic) bond motifs is 2. The molecular weight excluding hydrogens is 415 g/mol. The van der Waals surface area contributed by atoms with E-state index in [1.165, 1.54) is 12.1 Å². The minimum absolute atomic E-state index is 0.146. The van der Waals surface area contributed by atoms with Crippen LogP contribution in [0.4, 0.5) is 4.39 Å². The average molecular weight is 432 g/mol. The summed E-state index contributed by atoms with van der Waals surface area (Å²) in [6.07, 6.45) is -0.665. The monoisotopic (exact) mass is 432 g/mol. The molecule has 1 aromatic heterocycles. The predicted molar refractivity (Wildman–Crippen MR) is 113 cm³/mol. The van der Waals surface area contributed by atoms with Crippen molar-refractivity contribution in [1.29, 1.82) is 0 Å². The summed E-state index contributed by atoms with van der Waals surface area (Å²) in [5, 5.41) is 0.364. The highest BCUT2D eigenvalue weighted by molar-refractivity contribution is 5.88. The van der Waals surface area contributed by atoms with E-state index in [2.05, 4.69) is 0 Å². The van der Waals surface area contributed by atoms with Crippen molar-refractivity contribution in [2.45, 2.75) is 19.5 Å². The minimum Gasteiger partial charge on any atom is -0.460 e. The molecule has 2 heterocycles. The highest BCUT2D eigenvalue weighted by Gasteiger charge is 2.26. The second kappa shape index (κ2) is 8.28. The molecular formula is C25H17FO6. The molecule has 0 saturated heterocycles. The van der Waals surface area contributed by atoms with Gasteiger partial charge in [0.25, 0.3) is 0 Å². The number of hydrogen-bond donors (Lipinski definition) is 0. The maximum absolute atomic E-state index is 14.1. The molecule has 4 aromatic rings. The minimum atomic E-state index is -0.836. The van der Waals surface area contributed by atoms with Gasteiger partial charge in [-0.15, -0.1) is 0 Å². The molecule has 5 rings (SSSR count). The van der Waals surface area contributed by atoms with E-state index in [4.69, 9.17) is 18.6 Å². The van der Waals surface area contributed by atoms with E-state index in [9.17, 15) is 14.0 Å². The van der Waals surface area contributed by atoms with E-state index in [1.54, 1.807) is 24.3 Å². The molecule has 3 aromatic carbocycles. The smallest absolute Gasteiger partial charge is 0.374 e. The zero-order valence-corrected chi connectivity index (χ0v) is 16.7. The van der Waals surface area contributed by atoms with Gasteiger partial charge in [-0.1, -0.05) is 42.5 Å². The van der Waals surface area contributed by atoms with Gasteiger partial charge in [0.2, 0.25) is 12.1 Å². The van der Waals surface area contributed by atoms with Crippen LogP contribution in [-0.4, -0.2) is 5.97 Å². The fourth-order valence-electron chi connectivity index (χ4n) is 3.58. The van der Waals surface area contributed by atoms with E-state index >= 15 is 0 Å². The molecule has 0 amide bonds. The number of carbonyl (C=O) groups excluding carboxylic acids is 1. The van der Waals surface area contributed by atoms with Crippen molar-refractivity contribution >= 4 is 16.9 Å². The van der Waals surface area contributed by atoms with Crippen LogP contribution in [0.1, 0.15) is 33.5 Å². The lowest BCUT2D eigenvalue weighted by Crippen LogP contribution is -2.20. The second-order valence-electron chi connectivity index (χ2n) is 7.27. The summed E-state index contributed by atoms with van der Waals surface area (Å²) in [7, 11) is 0. The Balaban J connectivity index is 1.39. The third-order valence-corrected chi connectivity index (χ3v) is 5.09. The van der Waals surface area contributed by atoms with Gasteiger partial charge in [-0.2, -0.15) is 0 Å². The number of halogens is 1. The molecule has 0 unspecified atom stereocenters. The predicted octanol–water partition coefficient (Wildman–Crippen LogP) is 4.90. The van der Waals surface area contributed by atoms with Gasteiger partial charge < -0.3 is 18.6 Å². The third kappa shape index (κ3) is 3.86. The Labute approximate surface area is 181 Å². The van der Waals surface area contributed by atoms with Crippen LogP contribution in [0.25, 0.3) is 11.0 Å². The molecule has 1 aliphatic heterocycles. The van der Waals surface area contributed by atoms with Crippen molar-refractivity contribution in [2.75, 3.05) is 0 Å². The van der Waals surface area contributed by atoms with Crippen molar-refractivity contribution in [3.8, 4) is 5.75 Å². The molecule has 6 nitrogen and oxygen atoms in total. The fourth-order valence-corrected chi connectivity index (χ4v) is 3.58. The molecule has 0 radical (unpaired) electrons. The van der Waals surface area contributed by atoms with Crippen LogP contribution in [0.3, 0.4) is 0 Å². The number of ether oxygens (including phenoxy) is 3. The van der Waals surface area contributed by atoms with Gasteiger partial charge in [0.1, 0.15) is 23.8 Å². The van der Waals surface area contributed by atoms with Gasteiger partial charge in [0.05, 0.1) is 12.0 Å². The summed E-state index contributed by atoms with van der Waals surface area (Å²) in [6, 6.07) is 19.6. The quantitative estimate of drug-likeness (QED) is 0.427. The Bertz CT molecular complexity index is 1360. The maximum atomic E-state index is 14.1. The Morgan fingerprint density at radius 3 is 2.66 bits per heavy atom. The lowest BCUT2D eigenvalue weighted by atomic mass is 10.1. The van der Waals surface area contributed by atoms with Crippen LogP contribution in [-0.2, 0) is 22.7 Å². The van der Waals surface area contributed by atoms with E-state index in [-0.39, 0.29) is 30.0 Å².